The normalized spacial score (nSPS) is 20.4. The number of nitrogens with zero attached hydrogens (tertiary/aromatic N) is 3. The minimum atomic E-state index is -0.422. The maximum atomic E-state index is 12.2. The standard InChI is InChI=1S/C22H34ClN3O2/c1-22(2,3)28-21(27)26-10-8-20(9-11-26)25-14-12-24(13-15-25)17-19-6-4-18(16-23)5-7-19/h4-7,20H,8-17H2,1-3H3. The predicted octanol–water partition coefficient (Wildman–Crippen LogP) is 3.94. The van der Waals surface area contributed by atoms with Crippen molar-refractivity contribution in [3.63, 3.8) is 0 Å². The summed E-state index contributed by atoms with van der Waals surface area (Å²) in [5.74, 6) is 0.575. The first-order valence-electron chi connectivity index (χ1n) is 10.4. The molecule has 0 saturated carbocycles. The monoisotopic (exact) mass is 407 g/mol. The number of benzene rings is 1. The minimum Gasteiger partial charge on any atom is -0.444 e. The fourth-order valence-electron chi connectivity index (χ4n) is 4.02. The molecule has 1 amide bonds. The highest BCUT2D eigenvalue weighted by Gasteiger charge is 2.30. The van der Waals surface area contributed by atoms with Crippen LogP contribution in [0.2, 0.25) is 0 Å². The van der Waals surface area contributed by atoms with Crippen LogP contribution in [0.3, 0.4) is 0 Å². The Balaban J connectivity index is 1.40. The Bertz CT molecular complexity index is 628. The number of carbonyl (C=O) groups excluding carboxylic acids is 1. The third-order valence-electron chi connectivity index (χ3n) is 5.62. The fourth-order valence-corrected chi connectivity index (χ4v) is 4.20. The van der Waals surface area contributed by atoms with Gasteiger partial charge in [-0.25, -0.2) is 4.79 Å². The van der Waals surface area contributed by atoms with Crippen molar-refractivity contribution in [2.45, 2.75) is 57.7 Å². The quantitative estimate of drug-likeness (QED) is 0.708. The van der Waals surface area contributed by atoms with Gasteiger partial charge in [0.05, 0.1) is 0 Å². The first-order chi connectivity index (χ1) is 13.3. The zero-order chi connectivity index (χ0) is 20.1. The molecule has 2 aliphatic heterocycles. The molecule has 5 nitrogen and oxygen atoms in total. The highest BCUT2D eigenvalue weighted by molar-refractivity contribution is 6.17. The van der Waals surface area contributed by atoms with E-state index in [0.717, 1.165) is 58.7 Å². The Morgan fingerprint density at radius 2 is 1.57 bits per heavy atom. The second-order valence-corrected chi connectivity index (χ2v) is 9.23. The van der Waals surface area contributed by atoms with Gasteiger partial charge in [-0.3, -0.25) is 9.80 Å². The number of hydrogen-bond donors (Lipinski definition) is 0. The number of piperazine rings is 1. The smallest absolute Gasteiger partial charge is 0.410 e. The fraction of sp³-hybridized carbons (Fsp3) is 0.682. The van der Waals surface area contributed by atoms with Gasteiger partial charge in [0.15, 0.2) is 0 Å². The number of rotatable bonds is 4. The van der Waals surface area contributed by atoms with E-state index in [-0.39, 0.29) is 6.09 Å². The van der Waals surface area contributed by atoms with E-state index >= 15 is 0 Å². The Labute approximate surface area is 174 Å². The molecule has 1 aromatic carbocycles. The Morgan fingerprint density at radius 3 is 2.11 bits per heavy atom. The lowest BCUT2D eigenvalue weighted by molar-refractivity contribution is 0.00969. The molecule has 0 aliphatic carbocycles. The zero-order valence-electron chi connectivity index (χ0n) is 17.5. The lowest BCUT2D eigenvalue weighted by atomic mass is 10.0. The van der Waals surface area contributed by atoms with Crippen molar-refractivity contribution in [2.24, 2.45) is 0 Å². The molecule has 0 spiro atoms. The number of amides is 1. The molecule has 6 heteroatoms. The molecule has 0 radical (unpaired) electrons. The van der Waals surface area contributed by atoms with E-state index in [1.807, 2.05) is 25.7 Å². The van der Waals surface area contributed by atoms with Gasteiger partial charge in [-0.2, -0.15) is 0 Å². The van der Waals surface area contributed by atoms with Crippen LogP contribution in [0, 0.1) is 0 Å². The van der Waals surface area contributed by atoms with Gasteiger partial charge >= 0.3 is 6.09 Å². The van der Waals surface area contributed by atoms with Crippen molar-refractivity contribution in [3.8, 4) is 0 Å². The van der Waals surface area contributed by atoms with Crippen LogP contribution in [0.5, 0.6) is 0 Å². The summed E-state index contributed by atoms with van der Waals surface area (Å²) in [5.41, 5.74) is 2.11. The molecule has 0 bridgehead atoms. The van der Waals surface area contributed by atoms with Crippen LogP contribution < -0.4 is 0 Å². The minimum absolute atomic E-state index is 0.170. The number of hydrogen-bond acceptors (Lipinski definition) is 4. The van der Waals surface area contributed by atoms with E-state index in [0.29, 0.717) is 11.9 Å². The number of ether oxygens (including phenoxy) is 1. The van der Waals surface area contributed by atoms with E-state index in [9.17, 15) is 4.79 Å². The van der Waals surface area contributed by atoms with E-state index in [4.69, 9.17) is 16.3 Å². The molecule has 0 aromatic heterocycles. The number of carbonyl (C=O) groups is 1. The van der Waals surface area contributed by atoms with Crippen molar-refractivity contribution in [2.75, 3.05) is 39.3 Å². The molecule has 0 N–H and O–H groups in total. The molecule has 28 heavy (non-hydrogen) atoms. The number of piperidine rings is 1. The second kappa shape index (κ2) is 9.47. The zero-order valence-corrected chi connectivity index (χ0v) is 18.2. The van der Waals surface area contributed by atoms with Gasteiger partial charge in [-0.15, -0.1) is 11.6 Å². The molecule has 156 valence electrons. The van der Waals surface area contributed by atoms with Crippen LogP contribution in [-0.2, 0) is 17.2 Å². The summed E-state index contributed by atoms with van der Waals surface area (Å²) in [5, 5.41) is 0. The Hall–Kier alpha value is -1.30. The van der Waals surface area contributed by atoms with Gasteiger partial charge in [0.25, 0.3) is 0 Å². The summed E-state index contributed by atoms with van der Waals surface area (Å²) in [6.45, 7) is 12.8. The van der Waals surface area contributed by atoms with Crippen LogP contribution in [0.25, 0.3) is 0 Å². The molecule has 2 heterocycles. The Kier molecular flexibility index (Phi) is 7.24. The summed E-state index contributed by atoms with van der Waals surface area (Å²) in [6, 6.07) is 9.21. The molecular weight excluding hydrogens is 374 g/mol. The third-order valence-corrected chi connectivity index (χ3v) is 5.93. The van der Waals surface area contributed by atoms with Crippen molar-refractivity contribution in [1.82, 2.24) is 14.7 Å². The molecule has 3 rings (SSSR count). The van der Waals surface area contributed by atoms with Crippen molar-refractivity contribution < 1.29 is 9.53 Å². The van der Waals surface area contributed by atoms with Gasteiger partial charge in [0.2, 0.25) is 0 Å². The first-order valence-corrected chi connectivity index (χ1v) is 11.0. The van der Waals surface area contributed by atoms with Gasteiger partial charge in [0.1, 0.15) is 5.60 Å². The summed E-state index contributed by atoms with van der Waals surface area (Å²) >= 11 is 5.87. The molecule has 2 aliphatic rings. The SMILES string of the molecule is CC(C)(C)OC(=O)N1CCC(N2CCN(Cc3ccc(CCl)cc3)CC2)CC1. The lowest BCUT2D eigenvalue weighted by Crippen LogP contribution is -2.53. The molecule has 0 unspecified atom stereocenters. The average Bonchev–Trinajstić information content (AvgIpc) is 2.68. The number of halogens is 1. The predicted molar refractivity (Wildman–Crippen MR) is 114 cm³/mol. The van der Waals surface area contributed by atoms with Crippen LogP contribution in [0.1, 0.15) is 44.7 Å². The summed E-state index contributed by atoms with van der Waals surface area (Å²) in [4.78, 5) is 19.2. The van der Waals surface area contributed by atoms with Gasteiger partial charge in [-0.1, -0.05) is 24.3 Å². The van der Waals surface area contributed by atoms with Crippen LogP contribution in [0.4, 0.5) is 4.79 Å². The van der Waals surface area contributed by atoms with Gasteiger partial charge < -0.3 is 9.64 Å². The van der Waals surface area contributed by atoms with E-state index in [2.05, 4.69) is 34.1 Å². The Morgan fingerprint density at radius 1 is 1.00 bits per heavy atom. The summed E-state index contributed by atoms with van der Waals surface area (Å²) in [7, 11) is 0. The maximum absolute atomic E-state index is 12.2. The van der Waals surface area contributed by atoms with Crippen LogP contribution in [0.15, 0.2) is 24.3 Å². The van der Waals surface area contributed by atoms with Crippen molar-refractivity contribution in [3.05, 3.63) is 35.4 Å². The molecular formula is C22H34ClN3O2. The van der Waals surface area contributed by atoms with Crippen molar-refractivity contribution in [1.29, 1.82) is 0 Å². The number of likely N-dealkylation sites (tertiary alicyclic amines) is 1. The van der Waals surface area contributed by atoms with E-state index in [1.54, 1.807) is 0 Å². The summed E-state index contributed by atoms with van der Waals surface area (Å²) < 4.78 is 5.50. The molecule has 2 saturated heterocycles. The third kappa shape index (κ3) is 6.10. The summed E-state index contributed by atoms with van der Waals surface area (Å²) in [6.07, 6.45) is 1.91. The second-order valence-electron chi connectivity index (χ2n) is 8.96. The van der Waals surface area contributed by atoms with Gasteiger partial charge in [0, 0.05) is 57.7 Å². The van der Waals surface area contributed by atoms with Crippen LogP contribution in [-0.4, -0.2) is 71.7 Å². The molecule has 1 aromatic rings. The van der Waals surface area contributed by atoms with Crippen LogP contribution >= 0.6 is 11.6 Å². The topological polar surface area (TPSA) is 36.0 Å². The van der Waals surface area contributed by atoms with Crippen molar-refractivity contribution >= 4 is 17.7 Å². The number of alkyl halides is 1. The van der Waals surface area contributed by atoms with Gasteiger partial charge in [-0.05, 0) is 44.7 Å². The highest BCUT2D eigenvalue weighted by Crippen LogP contribution is 2.21. The lowest BCUT2D eigenvalue weighted by Gasteiger charge is -2.42. The van der Waals surface area contributed by atoms with E-state index in [1.165, 1.54) is 11.1 Å². The average molecular weight is 408 g/mol. The molecule has 0 atom stereocenters. The first kappa shape index (κ1) is 21.4. The molecule has 2 fully saturated rings. The highest BCUT2D eigenvalue weighted by atomic mass is 35.5. The largest absolute Gasteiger partial charge is 0.444 e. The van der Waals surface area contributed by atoms with E-state index < -0.39 is 5.60 Å². The maximum Gasteiger partial charge on any atom is 0.410 e.